The second-order valence-electron chi connectivity index (χ2n) is 16.1. The largest absolute Gasteiger partial charge is 0.310 e. The smallest absolute Gasteiger partial charge is 0.0467 e. The maximum atomic E-state index is 2.41. The summed E-state index contributed by atoms with van der Waals surface area (Å²) >= 11 is 0. The van der Waals surface area contributed by atoms with Crippen molar-refractivity contribution >= 4 is 38.6 Å². The standard InChI is InChI=1S/C62H43N/c1-5-17-44(18-6-1)46-31-33-47(34-32-46)48-35-38-54(39-36-48)63(55-27-15-25-51(41-55)45-19-7-2-8-20-45)56-28-16-26-52(42-56)53-37-40-58-57-29-13-14-30-59(57)61(49-21-9-3-10-22-49)62(60(58)43-53)50-23-11-4-12-24-50/h1-43H. The van der Waals surface area contributed by atoms with Gasteiger partial charge in [0.25, 0.3) is 0 Å². The van der Waals surface area contributed by atoms with Crippen molar-refractivity contribution in [2.75, 3.05) is 4.90 Å². The third-order valence-corrected chi connectivity index (χ3v) is 12.3. The normalized spacial score (nSPS) is 11.2. The summed E-state index contributed by atoms with van der Waals surface area (Å²) in [5.74, 6) is 0. The Morgan fingerprint density at radius 1 is 0.175 bits per heavy atom. The van der Waals surface area contributed by atoms with E-state index in [4.69, 9.17) is 0 Å². The van der Waals surface area contributed by atoms with Gasteiger partial charge in [-0.1, -0.05) is 218 Å². The number of benzene rings is 11. The second kappa shape index (κ2) is 16.7. The van der Waals surface area contributed by atoms with Gasteiger partial charge < -0.3 is 4.90 Å². The van der Waals surface area contributed by atoms with E-state index in [0.717, 1.165) is 22.6 Å². The fraction of sp³-hybridized carbons (Fsp3) is 0. The molecule has 11 aromatic carbocycles. The summed E-state index contributed by atoms with van der Waals surface area (Å²) < 4.78 is 0. The van der Waals surface area contributed by atoms with Crippen molar-refractivity contribution < 1.29 is 0 Å². The van der Waals surface area contributed by atoms with Crippen molar-refractivity contribution in [3.8, 4) is 66.8 Å². The van der Waals surface area contributed by atoms with Crippen LogP contribution < -0.4 is 4.90 Å². The predicted molar refractivity (Wildman–Crippen MR) is 269 cm³/mol. The molecule has 0 aromatic heterocycles. The van der Waals surface area contributed by atoms with Crippen LogP contribution in [-0.2, 0) is 0 Å². The van der Waals surface area contributed by atoms with Crippen LogP contribution in [-0.4, -0.2) is 0 Å². The highest BCUT2D eigenvalue weighted by atomic mass is 15.1. The number of hydrogen-bond acceptors (Lipinski definition) is 1. The minimum absolute atomic E-state index is 1.09. The lowest BCUT2D eigenvalue weighted by Gasteiger charge is -2.27. The highest BCUT2D eigenvalue weighted by Crippen LogP contribution is 2.46. The average molecular weight is 802 g/mol. The monoisotopic (exact) mass is 801 g/mol. The molecule has 0 fully saturated rings. The molecule has 0 aliphatic carbocycles. The predicted octanol–water partition coefficient (Wildman–Crippen LogP) is 17.5. The molecule has 1 nitrogen and oxygen atoms in total. The van der Waals surface area contributed by atoms with Gasteiger partial charge in [-0.05, 0) is 131 Å². The number of hydrogen-bond donors (Lipinski definition) is 0. The molecule has 0 spiro atoms. The molecule has 0 aliphatic heterocycles. The lowest BCUT2D eigenvalue weighted by molar-refractivity contribution is 1.28. The number of fused-ring (bicyclic) bond motifs is 3. The van der Waals surface area contributed by atoms with Crippen LogP contribution in [0.3, 0.4) is 0 Å². The first-order chi connectivity index (χ1) is 31.2. The van der Waals surface area contributed by atoms with E-state index in [9.17, 15) is 0 Å². The van der Waals surface area contributed by atoms with Gasteiger partial charge in [0.1, 0.15) is 0 Å². The molecule has 11 rings (SSSR count). The Balaban J connectivity index is 1.05. The van der Waals surface area contributed by atoms with Gasteiger partial charge in [0.05, 0.1) is 0 Å². The van der Waals surface area contributed by atoms with Crippen LogP contribution >= 0.6 is 0 Å². The lowest BCUT2D eigenvalue weighted by Crippen LogP contribution is -2.10. The van der Waals surface area contributed by atoms with Crippen LogP contribution in [0.25, 0.3) is 88.3 Å². The molecule has 0 amide bonds. The van der Waals surface area contributed by atoms with E-state index in [2.05, 4.69) is 266 Å². The second-order valence-corrected chi connectivity index (χ2v) is 16.1. The number of rotatable bonds is 9. The summed E-state index contributed by atoms with van der Waals surface area (Å²) in [5.41, 5.74) is 17.7. The Hall–Kier alpha value is -8.26. The van der Waals surface area contributed by atoms with E-state index < -0.39 is 0 Å². The molecule has 0 atom stereocenters. The van der Waals surface area contributed by atoms with Gasteiger partial charge in [0, 0.05) is 17.1 Å². The van der Waals surface area contributed by atoms with Crippen LogP contribution in [0.15, 0.2) is 261 Å². The molecule has 0 N–H and O–H groups in total. The minimum atomic E-state index is 1.09. The average Bonchev–Trinajstić information content (AvgIpc) is 3.37. The van der Waals surface area contributed by atoms with Crippen LogP contribution in [0.5, 0.6) is 0 Å². The van der Waals surface area contributed by atoms with Gasteiger partial charge in [-0.3, -0.25) is 0 Å². The molecule has 0 aliphatic rings. The van der Waals surface area contributed by atoms with E-state index in [1.807, 2.05) is 0 Å². The molecule has 296 valence electrons. The van der Waals surface area contributed by atoms with Gasteiger partial charge >= 0.3 is 0 Å². The summed E-state index contributed by atoms with van der Waals surface area (Å²) in [6.45, 7) is 0. The zero-order valence-corrected chi connectivity index (χ0v) is 34.8. The molecule has 0 saturated heterocycles. The van der Waals surface area contributed by atoms with Gasteiger partial charge in [-0.15, -0.1) is 0 Å². The molecule has 0 bridgehead atoms. The number of nitrogens with zero attached hydrogens (tertiary/aromatic N) is 1. The van der Waals surface area contributed by atoms with Crippen molar-refractivity contribution in [3.05, 3.63) is 261 Å². The summed E-state index contributed by atoms with van der Waals surface area (Å²) in [7, 11) is 0. The zero-order chi connectivity index (χ0) is 42.0. The molecule has 0 heterocycles. The van der Waals surface area contributed by atoms with Crippen molar-refractivity contribution in [1.82, 2.24) is 0 Å². The van der Waals surface area contributed by atoms with Crippen molar-refractivity contribution in [2.45, 2.75) is 0 Å². The van der Waals surface area contributed by atoms with Crippen molar-refractivity contribution in [2.24, 2.45) is 0 Å². The van der Waals surface area contributed by atoms with Crippen LogP contribution in [0.1, 0.15) is 0 Å². The highest BCUT2D eigenvalue weighted by molar-refractivity contribution is 6.22. The van der Waals surface area contributed by atoms with Crippen molar-refractivity contribution in [1.29, 1.82) is 0 Å². The Bertz CT molecular complexity index is 3340. The van der Waals surface area contributed by atoms with Gasteiger partial charge in [0.15, 0.2) is 0 Å². The van der Waals surface area contributed by atoms with Crippen LogP contribution in [0.4, 0.5) is 17.1 Å². The number of anilines is 3. The molecular formula is C62H43N. The first-order valence-electron chi connectivity index (χ1n) is 21.7. The van der Waals surface area contributed by atoms with Crippen LogP contribution in [0.2, 0.25) is 0 Å². The van der Waals surface area contributed by atoms with Gasteiger partial charge in [0.2, 0.25) is 0 Å². The molecule has 63 heavy (non-hydrogen) atoms. The molecule has 0 saturated carbocycles. The SMILES string of the molecule is c1ccc(-c2ccc(-c3ccc(N(c4cccc(-c5ccccc5)c4)c4cccc(-c5ccc6c(c5)c(-c5ccccc5)c(-c5ccccc5)c5ccccc56)c4)cc3)cc2)cc1. The van der Waals surface area contributed by atoms with E-state index in [0.29, 0.717) is 0 Å². The highest BCUT2D eigenvalue weighted by Gasteiger charge is 2.19. The maximum Gasteiger partial charge on any atom is 0.0467 e. The van der Waals surface area contributed by atoms with E-state index >= 15 is 0 Å². The topological polar surface area (TPSA) is 3.24 Å². The van der Waals surface area contributed by atoms with E-state index in [1.54, 1.807) is 0 Å². The third kappa shape index (κ3) is 7.37. The molecule has 11 aromatic rings. The van der Waals surface area contributed by atoms with Crippen molar-refractivity contribution in [3.63, 3.8) is 0 Å². The Morgan fingerprint density at radius 3 is 1.03 bits per heavy atom. The summed E-state index contributed by atoms with van der Waals surface area (Å²) in [5, 5.41) is 5.00. The molecular weight excluding hydrogens is 759 g/mol. The fourth-order valence-corrected chi connectivity index (χ4v) is 9.20. The first-order valence-corrected chi connectivity index (χ1v) is 21.7. The first kappa shape index (κ1) is 37.7. The van der Waals surface area contributed by atoms with Crippen LogP contribution in [0, 0.1) is 0 Å². The molecule has 1 heteroatoms. The lowest BCUT2D eigenvalue weighted by atomic mass is 9.84. The molecule has 0 radical (unpaired) electrons. The summed E-state index contributed by atoms with van der Waals surface area (Å²) in [6, 6.07) is 94.6. The van der Waals surface area contributed by atoms with Gasteiger partial charge in [-0.2, -0.15) is 0 Å². The summed E-state index contributed by atoms with van der Waals surface area (Å²) in [4.78, 5) is 2.38. The minimum Gasteiger partial charge on any atom is -0.310 e. The Morgan fingerprint density at radius 2 is 0.508 bits per heavy atom. The molecule has 0 unspecified atom stereocenters. The summed E-state index contributed by atoms with van der Waals surface area (Å²) in [6.07, 6.45) is 0. The Kier molecular flexibility index (Phi) is 9.97. The van der Waals surface area contributed by atoms with Gasteiger partial charge in [-0.25, -0.2) is 0 Å². The third-order valence-electron chi connectivity index (χ3n) is 12.3. The zero-order valence-electron chi connectivity index (χ0n) is 34.8. The van der Waals surface area contributed by atoms with E-state index in [-0.39, 0.29) is 0 Å². The maximum absolute atomic E-state index is 2.41. The fourth-order valence-electron chi connectivity index (χ4n) is 9.20. The van der Waals surface area contributed by atoms with E-state index in [1.165, 1.54) is 82.7 Å². The quantitative estimate of drug-likeness (QED) is 0.131. The Labute approximate surface area is 369 Å².